The van der Waals surface area contributed by atoms with Crippen molar-refractivity contribution in [3.8, 4) is 5.75 Å². The van der Waals surface area contributed by atoms with Gasteiger partial charge in [0.15, 0.2) is 0 Å². The van der Waals surface area contributed by atoms with Gasteiger partial charge in [-0.3, -0.25) is 4.79 Å². The molecule has 0 aliphatic rings. The number of methoxy groups -OCH3 is 1. The average Bonchev–Trinajstić information content (AvgIpc) is 2.59. The number of rotatable bonds is 7. The van der Waals surface area contributed by atoms with Crippen molar-refractivity contribution in [2.75, 3.05) is 7.11 Å². The zero-order valence-corrected chi connectivity index (χ0v) is 16.2. The summed E-state index contributed by atoms with van der Waals surface area (Å²) in [6.45, 7) is 4.05. The third kappa shape index (κ3) is 5.13. The molecule has 3 nitrogen and oxygen atoms in total. The Labute approximate surface area is 159 Å². The summed E-state index contributed by atoms with van der Waals surface area (Å²) in [6.07, 6.45) is 1.67. The van der Waals surface area contributed by atoms with E-state index in [9.17, 15) is 4.79 Å². The fraction of sp³-hybridized carbons (Fsp3) is 0.350. The molecular formula is C20H23Cl2NO2. The lowest BCUT2D eigenvalue weighted by molar-refractivity contribution is -0.121. The fourth-order valence-electron chi connectivity index (χ4n) is 2.82. The van der Waals surface area contributed by atoms with Crippen LogP contribution in [0.15, 0.2) is 36.4 Å². The van der Waals surface area contributed by atoms with Crippen LogP contribution in [0.4, 0.5) is 0 Å². The van der Waals surface area contributed by atoms with Gasteiger partial charge in [-0.25, -0.2) is 0 Å². The largest absolute Gasteiger partial charge is 0.496 e. The van der Waals surface area contributed by atoms with Gasteiger partial charge in [-0.2, -0.15) is 0 Å². The van der Waals surface area contributed by atoms with Gasteiger partial charge in [-0.05, 0) is 54.7 Å². The molecule has 2 rings (SSSR count). The summed E-state index contributed by atoms with van der Waals surface area (Å²) in [5.74, 6) is 0.828. The Kier molecular flexibility index (Phi) is 7.15. The summed E-state index contributed by atoms with van der Waals surface area (Å²) in [4.78, 5) is 12.4. The maximum atomic E-state index is 12.4. The second-order valence-electron chi connectivity index (χ2n) is 5.96. The molecule has 0 bridgehead atoms. The fourth-order valence-corrected chi connectivity index (χ4v) is 3.40. The Morgan fingerprint density at radius 1 is 1.20 bits per heavy atom. The van der Waals surface area contributed by atoms with Crippen LogP contribution in [0.3, 0.4) is 0 Å². The van der Waals surface area contributed by atoms with Crippen LogP contribution in [-0.2, 0) is 11.2 Å². The van der Waals surface area contributed by atoms with Crippen LogP contribution in [0.25, 0.3) is 0 Å². The minimum absolute atomic E-state index is 0.0173. The van der Waals surface area contributed by atoms with Gasteiger partial charge in [-0.15, -0.1) is 0 Å². The van der Waals surface area contributed by atoms with E-state index < -0.39 is 0 Å². The van der Waals surface area contributed by atoms with E-state index in [0.29, 0.717) is 22.9 Å². The summed E-state index contributed by atoms with van der Waals surface area (Å²) in [5, 5.41) is 4.28. The van der Waals surface area contributed by atoms with Crippen molar-refractivity contribution >= 4 is 29.1 Å². The van der Waals surface area contributed by atoms with Crippen LogP contribution in [-0.4, -0.2) is 13.0 Å². The molecule has 0 saturated heterocycles. The third-order valence-corrected chi connectivity index (χ3v) is 4.94. The molecule has 0 aliphatic heterocycles. The highest BCUT2D eigenvalue weighted by atomic mass is 35.5. The normalized spacial score (nSPS) is 11.9. The maximum absolute atomic E-state index is 12.4. The van der Waals surface area contributed by atoms with Crippen molar-refractivity contribution in [2.45, 2.75) is 39.2 Å². The quantitative estimate of drug-likeness (QED) is 0.688. The van der Waals surface area contributed by atoms with E-state index >= 15 is 0 Å². The monoisotopic (exact) mass is 379 g/mol. The van der Waals surface area contributed by atoms with Gasteiger partial charge in [0.25, 0.3) is 0 Å². The van der Waals surface area contributed by atoms with Gasteiger partial charge in [0.2, 0.25) is 5.91 Å². The molecule has 2 aromatic carbocycles. The van der Waals surface area contributed by atoms with Gasteiger partial charge in [-0.1, -0.05) is 48.3 Å². The van der Waals surface area contributed by atoms with Crippen molar-refractivity contribution in [2.24, 2.45) is 0 Å². The average molecular weight is 380 g/mol. The number of hydrogen-bond acceptors (Lipinski definition) is 2. The van der Waals surface area contributed by atoms with Crippen molar-refractivity contribution < 1.29 is 9.53 Å². The van der Waals surface area contributed by atoms with Crippen molar-refractivity contribution in [1.29, 1.82) is 0 Å². The van der Waals surface area contributed by atoms with E-state index in [1.165, 1.54) is 0 Å². The molecule has 2 aromatic rings. The lowest BCUT2D eigenvalue weighted by Gasteiger charge is -2.19. The number of ether oxygens (including phenoxy) is 1. The number of aryl methyl sites for hydroxylation is 1. The van der Waals surface area contributed by atoms with E-state index in [1.807, 2.05) is 19.1 Å². The van der Waals surface area contributed by atoms with Crippen LogP contribution in [0, 0.1) is 6.92 Å². The minimum atomic E-state index is -0.0289. The maximum Gasteiger partial charge on any atom is 0.220 e. The number of benzene rings is 2. The summed E-state index contributed by atoms with van der Waals surface area (Å²) >= 11 is 12.3. The topological polar surface area (TPSA) is 38.3 Å². The zero-order chi connectivity index (χ0) is 18.4. The number of carbonyl (C=O) groups is 1. The zero-order valence-electron chi connectivity index (χ0n) is 14.7. The summed E-state index contributed by atoms with van der Waals surface area (Å²) in [7, 11) is 1.65. The summed E-state index contributed by atoms with van der Waals surface area (Å²) in [6, 6.07) is 11.3. The number of halogens is 2. The molecule has 0 unspecified atom stereocenters. The summed E-state index contributed by atoms with van der Waals surface area (Å²) in [5.41, 5.74) is 2.94. The lowest BCUT2D eigenvalue weighted by Crippen LogP contribution is -2.28. The lowest BCUT2D eigenvalue weighted by atomic mass is 10.0. The molecule has 0 heterocycles. The second-order valence-corrected chi connectivity index (χ2v) is 6.77. The highest BCUT2D eigenvalue weighted by Gasteiger charge is 2.15. The Hall–Kier alpha value is -1.71. The highest BCUT2D eigenvalue weighted by Crippen LogP contribution is 2.26. The van der Waals surface area contributed by atoms with E-state index in [4.69, 9.17) is 27.9 Å². The first-order valence-corrected chi connectivity index (χ1v) is 9.08. The van der Waals surface area contributed by atoms with E-state index in [1.54, 1.807) is 25.3 Å². The standard InChI is InChI=1S/C20H23Cl2NO2/c1-4-18(14-8-10-19(25-3)13(2)12-14)23-20(24)11-9-15-16(21)6-5-7-17(15)22/h5-8,10,12,18H,4,9,11H2,1-3H3,(H,23,24)/t18-/m0/s1. The smallest absolute Gasteiger partial charge is 0.220 e. The van der Waals surface area contributed by atoms with Crippen LogP contribution in [0.1, 0.15) is 42.5 Å². The van der Waals surface area contributed by atoms with Gasteiger partial charge in [0.1, 0.15) is 5.75 Å². The van der Waals surface area contributed by atoms with E-state index in [0.717, 1.165) is 28.9 Å². The second kappa shape index (κ2) is 9.12. The molecule has 1 amide bonds. The van der Waals surface area contributed by atoms with Crippen LogP contribution in [0.5, 0.6) is 5.75 Å². The molecular weight excluding hydrogens is 357 g/mol. The molecule has 0 spiro atoms. The number of nitrogens with one attached hydrogen (secondary N) is 1. The van der Waals surface area contributed by atoms with Crippen molar-refractivity contribution in [1.82, 2.24) is 5.32 Å². The van der Waals surface area contributed by atoms with Gasteiger partial charge in [0.05, 0.1) is 13.2 Å². The van der Waals surface area contributed by atoms with Crippen molar-refractivity contribution in [3.63, 3.8) is 0 Å². The molecule has 134 valence electrons. The van der Waals surface area contributed by atoms with Gasteiger partial charge in [0, 0.05) is 16.5 Å². The Morgan fingerprint density at radius 3 is 2.44 bits per heavy atom. The molecule has 1 atom stereocenters. The molecule has 0 saturated carbocycles. The molecule has 0 radical (unpaired) electrons. The van der Waals surface area contributed by atoms with Crippen LogP contribution >= 0.6 is 23.2 Å². The molecule has 1 N–H and O–H groups in total. The predicted molar refractivity (Wildman–Crippen MR) is 104 cm³/mol. The van der Waals surface area contributed by atoms with Gasteiger partial charge < -0.3 is 10.1 Å². The van der Waals surface area contributed by atoms with Crippen LogP contribution in [0.2, 0.25) is 10.0 Å². The third-order valence-electron chi connectivity index (χ3n) is 4.23. The van der Waals surface area contributed by atoms with E-state index in [2.05, 4.69) is 18.3 Å². The Morgan fingerprint density at radius 2 is 1.88 bits per heavy atom. The van der Waals surface area contributed by atoms with Crippen LogP contribution < -0.4 is 10.1 Å². The van der Waals surface area contributed by atoms with Gasteiger partial charge >= 0.3 is 0 Å². The number of carbonyl (C=O) groups excluding carboxylic acids is 1. The molecule has 5 heteroatoms. The Balaban J connectivity index is 2.01. The first-order chi connectivity index (χ1) is 12.0. The predicted octanol–water partition coefficient (Wildman–Crippen LogP) is 5.51. The summed E-state index contributed by atoms with van der Waals surface area (Å²) < 4.78 is 5.29. The first-order valence-electron chi connectivity index (χ1n) is 8.33. The number of amides is 1. The highest BCUT2D eigenvalue weighted by molar-refractivity contribution is 6.36. The molecule has 25 heavy (non-hydrogen) atoms. The van der Waals surface area contributed by atoms with E-state index in [-0.39, 0.29) is 11.9 Å². The molecule has 0 aromatic heterocycles. The first kappa shape index (κ1) is 19.6. The minimum Gasteiger partial charge on any atom is -0.496 e. The Bertz CT molecular complexity index is 726. The number of hydrogen-bond donors (Lipinski definition) is 1. The molecule has 0 fully saturated rings. The van der Waals surface area contributed by atoms with Crippen molar-refractivity contribution in [3.05, 3.63) is 63.1 Å². The SMILES string of the molecule is CC[C@H](NC(=O)CCc1c(Cl)cccc1Cl)c1ccc(OC)c(C)c1. The molecule has 0 aliphatic carbocycles.